The van der Waals surface area contributed by atoms with E-state index in [2.05, 4.69) is 5.32 Å². The highest BCUT2D eigenvalue weighted by Crippen LogP contribution is 2.36. The molecule has 1 N–H and O–H groups in total. The first-order valence-corrected chi connectivity index (χ1v) is 6.94. The van der Waals surface area contributed by atoms with Crippen LogP contribution in [0, 0.1) is 5.82 Å². The van der Waals surface area contributed by atoms with E-state index in [4.69, 9.17) is 25.8 Å². The fourth-order valence-corrected chi connectivity index (χ4v) is 2.24. The Morgan fingerprint density at radius 1 is 1.00 bits per heavy atom. The molecular formula is C16H15ClFNO4. The number of hydrogen-bond acceptors (Lipinski definition) is 4. The highest BCUT2D eigenvalue weighted by atomic mass is 35.5. The van der Waals surface area contributed by atoms with Crippen molar-refractivity contribution < 1.29 is 23.4 Å². The number of methoxy groups -OCH3 is 3. The van der Waals surface area contributed by atoms with Gasteiger partial charge in [0, 0.05) is 12.1 Å². The monoisotopic (exact) mass is 339 g/mol. The lowest BCUT2D eigenvalue weighted by Crippen LogP contribution is -2.14. The molecule has 0 bridgehead atoms. The molecule has 23 heavy (non-hydrogen) atoms. The molecule has 0 atom stereocenters. The van der Waals surface area contributed by atoms with Crippen LogP contribution in [0.5, 0.6) is 17.2 Å². The molecule has 122 valence electrons. The van der Waals surface area contributed by atoms with Gasteiger partial charge in [-0.1, -0.05) is 11.6 Å². The lowest BCUT2D eigenvalue weighted by Gasteiger charge is -2.14. The molecule has 0 aliphatic carbocycles. The fraction of sp³-hybridized carbons (Fsp3) is 0.188. The minimum absolute atomic E-state index is 0.0588. The molecule has 0 aromatic heterocycles. The van der Waals surface area contributed by atoms with Crippen LogP contribution >= 0.6 is 11.6 Å². The van der Waals surface area contributed by atoms with E-state index < -0.39 is 11.7 Å². The number of carbonyl (C=O) groups is 1. The van der Waals surface area contributed by atoms with Gasteiger partial charge < -0.3 is 19.5 Å². The van der Waals surface area contributed by atoms with Crippen molar-refractivity contribution >= 4 is 23.2 Å². The van der Waals surface area contributed by atoms with Gasteiger partial charge in [0.2, 0.25) is 0 Å². The van der Waals surface area contributed by atoms with Gasteiger partial charge >= 0.3 is 0 Å². The third-order valence-electron chi connectivity index (χ3n) is 3.13. The summed E-state index contributed by atoms with van der Waals surface area (Å²) in [6.45, 7) is 0. The van der Waals surface area contributed by atoms with Crippen molar-refractivity contribution in [3.8, 4) is 17.2 Å². The minimum atomic E-state index is -0.552. The third-order valence-corrected chi connectivity index (χ3v) is 3.42. The van der Waals surface area contributed by atoms with Gasteiger partial charge in [-0.2, -0.15) is 0 Å². The zero-order valence-electron chi connectivity index (χ0n) is 12.8. The number of amides is 1. The van der Waals surface area contributed by atoms with Gasteiger partial charge in [-0.25, -0.2) is 4.39 Å². The SMILES string of the molecule is COc1cc(NC(=O)c2cc(F)ccc2OC)c(OC)cc1Cl. The number of halogens is 2. The Bertz CT molecular complexity index is 736. The largest absolute Gasteiger partial charge is 0.496 e. The summed E-state index contributed by atoms with van der Waals surface area (Å²) in [5.41, 5.74) is 0.397. The molecule has 0 spiro atoms. The quantitative estimate of drug-likeness (QED) is 0.901. The van der Waals surface area contributed by atoms with Gasteiger partial charge in [0.25, 0.3) is 5.91 Å². The molecule has 0 unspecified atom stereocenters. The second kappa shape index (κ2) is 7.19. The summed E-state index contributed by atoms with van der Waals surface area (Å²) >= 11 is 6.01. The molecule has 0 heterocycles. The van der Waals surface area contributed by atoms with Crippen LogP contribution in [-0.4, -0.2) is 27.2 Å². The van der Waals surface area contributed by atoms with Crippen molar-refractivity contribution in [2.75, 3.05) is 26.6 Å². The van der Waals surface area contributed by atoms with E-state index in [9.17, 15) is 9.18 Å². The van der Waals surface area contributed by atoms with E-state index in [-0.39, 0.29) is 11.3 Å². The molecule has 0 fully saturated rings. The van der Waals surface area contributed by atoms with Gasteiger partial charge in [-0.15, -0.1) is 0 Å². The van der Waals surface area contributed by atoms with Crippen molar-refractivity contribution in [2.24, 2.45) is 0 Å². The third kappa shape index (κ3) is 3.65. The Balaban J connectivity index is 2.39. The molecule has 1 amide bonds. The maximum absolute atomic E-state index is 13.4. The first-order chi connectivity index (χ1) is 11.0. The van der Waals surface area contributed by atoms with Crippen LogP contribution in [0.2, 0.25) is 5.02 Å². The molecule has 2 aromatic rings. The van der Waals surface area contributed by atoms with Crippen LogP contribution in [-0.2, 0) is 0 Å². The molecule has 2 rings (SSSR count). The van der Waals surface area contributed by atoms with E-state index in [0.717, 1.165) is 6.07 Å². The predicted molar refractivity (Wildman–Crippen MR) is 85.5 cm³/mol. The molecule has 0 aliphatic heterocycles. The van der Waals surface area contributed by atoms with E-state index in [1.54, 1.807) is 0 Å². The van der Waals surface area contributed by atoms with Crippen molar-refractivity contribution in [2.45, 2.75) is 0 Å². The number of ether oxygens (including phenoxy) is 3. The highest BCUT2D eigenvalue weighted by Gasteiger charge is 2.17. The number of nitrogens with one attached hydrogen (secondary N) is 1. The van der Waals surface area contributed by atoms with Crippen molar-refractivity contribution in [3.63, 3.8) is 0 Å². The van der Waals surface area contributed by atoms with Crippen LogP contribution in [0.1, 0.15) is 10.4 Å². The standard InChI is InChI=1S/C16H15ClFNO4/c1-21-13-5-4-9(18)6-10(13)16(20)19-12-8-14(22-2)11(17)7-15(12)23-3/h4-8H,1-3H3,(H,19,20). The van der Waals surface area contributed by atoms with Crippen molar-refractivity contribution in [3.05, 3.63) is 46.7 Å². The van der Waals surface area contributed by atoms with E-state index in [1.807, 2.05) is 0 Å². The number of hydrogen-bond donors (Lipinski definition) is 1. The Labute approximate surface area is 137 Å². The van der Waals surface area contributed by atoms with Crippen LogP contribution in [0.25, 0.3) is 0 Å². The topological polar surface area (TPSA) is 56.8 Å². The Kier molecular flexibility index (Phi) is 5.28. The summed E-state index contributed by atoms with van der Waals surface area (Å²) in [5, 5.41) is 2.97. The maximum Gasteiger partial charge on any atom is 0.259 e. The zero-order chi connectivity index (χ0) is 17.0. The van der Waals surface area contributed by atoms with Gasteiger partial charge in [-0.05, 0) is 18.2 Å². The lowest BCUT2D eigenvalue weighted by molar-refractivity contribution is 0.102. The average molecular weight is 340 g/mol. The maximum atomic E-state index is 13.4. The smallest absolute Gasteiger partial charge is 0.259 e. The molecule has 2 aromatic carbocycles. The number of anilines is 1. The molecule has 0 saturated heterocycles. The van der Waals surface area contributed by atoms with E-state index in [1.165, 1.54) is 45.6 Å². The summed E-state index contributed by atoms with van der Waals surface area (Å²) in [4.78, 5) is 12.4. The number of benzene rings is 2. The number of rotatable bonds is 5. The van der Waals surface area contributed by atoms with E-state index >= 15 is 0 Å². The van der Waals surface area contributed by atoms with Crippen LogP contribution in [0.3, 0.4) is 0 Å². The second-order valence-corrected chi connectivity index (χ2v) is 4.89. The molecule has 0 saturated carbocycles. The highest BCUT2D eigenvalue weighted by molar-refractivity contribution is 6.32. The molecule has 7 heteroatoms. The zero-order valence-corrected chi connectivity index (χ0v) is 13.5. The Morgan fingerprint density at radius 2 is 1.65 bits per heavy atom. The predicted octanol–water partition coefficient (Wildman–Crippen LogP) is 3.76. The lowest BCUT2D eigenvalue weighted by atomic mass is 10.1. The average Bonchev–Trinajstić information content (AvgIpc) is 2.55. The minimum Gasteiger partial charge on any atom is -0.496 e. The van der Waals surface area contributed by atoms with Gasteiger partial charge in [0.1, 0.15) is 23.1 Å². The molecular weight excluding hydrogens is 325 g/mol. The Morgan fingerprint density at radius 3 is 2.26 bits per heavy atom. The molecule has 0 aliphatic rings. The van der Waals surface area contributed by atoms with Crippen molar-refractivity contribution in [1.29, 1.82) is 0 Å². The first kappa shape index (κ1) is 16.9. The molecule has 0 radical (unpaired) electrons. The summed E-state index contributed by atoms with van der Waals surface area (Å²) in [6.07, 6.45) is 0. The fourth-order valence-electron chi connectivity index (χ4n) is 2.01. The normalized spacial score (nSPS) is 10.1. The second-order valence-electron chi connectivity index (χ2n) is 4.49. The van der Waals surface area contributed by atoms with Gasteiger partial charge in [-0.3, -0.25) is 4.79 Å². The van der Waals surface area contributed by atoms with Crippen LogP contribution in [0.4, 0.5) is 10.1 Å². The van der Waals surface area contributed by atoms with Gasteiger partial charge in [0.05, 0.1) is 37.6 Å². The van der Waals surface area contributed by atoms with Crippen LogP contribution < -0.4 is 19.5 Å². The first-order valence-electron chi connectivity index (χ1n) is 6.56. The summed E-state index contributed by atoms with van der Waals surface area (Å²) < 4.78 is 28.8. The van der Waals surface area contributed by atoms with Crippen LogP contribution in [0.15, 0.2) is 30.3 Å². The Hall–Kier alpha value is -2.47. The summed E-state index contributed by atoms with van der Waals surface area (Å²) in [6, 6.07) is 6.71. The van der Waals surface area contributed by atoms with Crippen molar-refractivity contribution in [1.82, 2.24) is 0 Å². The van der Waals surface area contributed by atoms with E-state index in [0.29, 0.717) is 22.2 Å². The molecule has 5 nitrogen and oxygen atoms in total. The number of carbonyl (C=O) groups excluding carboxylic acids is 1. The summed E-state index contributed by atoms with van der Waals surface area (Å²) in [5.74, 6) is -0.127. The summed E-state index contributed by atoms with van der Waals surface area (Å²) in [7, 11) is 4.29. The van der Waals surface area contributed by atoms with Gasteiger partial charge in [0.15, 0.2) is 0 Å².